The Morgan fingerprint density at radius 3 is 1.69 bits per heavy atom. The Balaban J connectivity index is 3.39. The van der Waals surface area contributed by atoms with E-state index in [-0.39, 0.29) is 31.0 Å². The van der Waals surface area contributed by atoms with Crippen molar-refractivity contribution >= 4 is 23.8 Å². The van der Waals surface area contributed by atoms with Crippen molar-refractivity contribution in [3.05, 3.63) is 0 Å². The Labute approximate surface area is 235 Å². The minimum absolute atomic E-state index is 0.0563. The van der Waals surface area contributed by atoms with E-state index in [4.69, 9.17) is 20.3 Å². The first-order valence-corrected chi connectivity index (χ1v) is 15.1. The van der Waals surface area contributed by atoms with Gasteiger partial charge >= 0.3 is 11.9 Å². The highest BCUT2D eigenvalue weighted by Crippen LogP contribution is 2.13. The molecule has 0 rings (SSSR count). The highest BCUT2D eigenvalue weighted by molar-refractivity contribution is 5.81. The smallest absolute Gasteiger partial charge is 0.303 e. The van der Waals surface area contributed by atoms with Crippen molar-refractivity contribution in [3.8, 4) is 0 Å². The Morgan fingerprint density at radius 1 is 0.667 bits per heavy atom. The van der Waals surface area contributed by atoms with Crippen LogP contribution >= 0.6 is 0 Å². The van der Waals surface area contributed by atoms with Crippen LogP contribution in [0.3, 0.4) is 0 Å². The highest BCUT2D eigenvalue weighted by Gasteiger charge is 2.12. The van der Waals surface area contributed by atoms with E-state index in [1.807, 2.05) is 0 Å². The first kappa shape index (κ1) is 36.8. The zero-order valence-electron chi connectivity index (χ0n) is 24.3. The van der Waals surface area contributed by atoms with Gasteiger partial charge in [0.25, 0.3) is 0 Å². The van der Waals surface area contributed by atoms with E-state index >= 15 is 0 Å². The molecule has 2 amide bonds. The summed E-state index contributed by atoms with van der Waals surface area (Å²) in [5.74, 6) is -1.23. The van der Waals surface area contributed by atoms with Crippen LogP contribution in [-0.2, 0) is 28.7 Å². The normalized spacial score (nSPS) is 11.6. The number of nitrogens with two attached hydrogens (primary N) is 1. The third-order valence-electron chi connectivity index (χ3n) is 6.47. The molecule has 0 aromatic carbocycles. The van der Waals surface area contributed by atoms with Gasteiger partial charge in [-0.2, -0.15) is 0 Å². The SMILES string of the molecule is CC(=O)OCCOCCNC(=O)C(N)CCCNC(=O)CCCCCCCCCCCCCCCCC(=O)O. The Kier molecular flexibility index (Phi) is 25.8. The van der Waals surface area contributed by atoms with Crippen molar-refractivity contribution in [2.75, 3.05) is 32.9 Å². The number of aliphatic carboxylic acids is 1. The van der Waals surface area contributed by atoms with E-state index in [0.717, 1.165) is 32.1 Å². The molecule has 0 saturated carbocycles. The van der Waals surface area contributed by atoms with Crippen LogP contribution in [0, 0.1) is 0 Å². The van der Waals surface area contributed by atoms with Crippen LogP contribution in [0.5, 0.6) is 0 Å². The van der Waals surface area contributed by atoms with Crippen molar-refractivity contribution in [2.24, 2.45) is 5.73 Å². The molecule has 0 aliphatic carbocycles. The number of hydrogen-bond donors (Lipinski definition) is 4. The van der Waals surface area contributed by atoms with Crippen molar-refractivity contribution in [1.29, 1.82) is 0 Å². The van der Waals surface area contributed by atoms with Crippen LogP contribution in [0.1, 0.15) is 122 Å². The molecule has 0 heterocycles. The maximum absolute atomic E-state index is 12.0. The lowest BCUT2D eigenvalue weighted by Crippen LogP contribution is -2.42. The van der Waals surface area contributed by atoms with E-state index in [0.29, 0.717) is 45.4 Å². The number of carboxylic acid groups (broad SMARTS) is 1. The molecule has 0 aromatic rings. The quantitative estimate of drug-likeness (QED) is 0.0822. The van der Waals surface area contributed by atoms with Crippen molar-refractivity contribution in [3.63, 3.8) is 0 Å². The average molecular weight is 558 g/mol. The molecule has 0 saturated heterocycles. The second-order valence-corrected chi connectivity index (χ2v) is 10.2. The predicted octanol–water partition coefficient (Wildman–Crippen LogP) is 4.23. The van der Waals surface area contributed by atoms with Gasteiger partial charge in [-0.05, 0) is 25.7 Å². The summed E-state index contributed by atoms with van der Waals surface area (Å²) < 4.78 is 9.98. The number of nitrogens with one attached hydrogen (secondary N) is 2. The number of amides is 2. The molecular formula is C29H55N3O7. The van der Waals surface area contributed by atoms with Gasteiger partial charge in [-0.3, -0.25) is 19.2 Å². The number of carbonyl (C=O) groups excluding carboxylic acids is 3. The standard InChI is InChI=1S/C29H55N3O7/c1-25(33)39-24-23-38-22-21-32-29(37)26(30)17-16-20-31-27(34)18-14-12-10-8-6-4-2-3-5-7-9-11-13-15-19-28(35)36/h26H,2-24,30H2,1H3,(H,31,34)(H,32,37)(H,35,36). The molecular weight excluding hydrogens is 502 g/mol. The summed E-state index contributed by atoms with van der Waals surface area (Å²) >= 11 is 0. The van der Waals surface area contributed by atoms with Gasteiger partial charge in [-0.25, -0.2) is 0 Å². The molecule has 5 N–H and O–H groups in total. The molecule has 1 atom stereocenters. The van der Waals surface area contributed by atoms with Crippen LogP contribution in [0.15, 0.2) is 0 Å². The van der Waals surface area contributed by atoms with Gasteiger partial charge in [0.05, 0.1) is 19.3 Å². The molecule has 1 unspecified atom stereocenters. The summed E-state index contributed by atoms with van der Waals surface area (Å²) in [6.45, 7) is 2.98. The largest absolute Gasteiger partial charge is 0.481 e. The van der Waals surface area contributed by atoms with E-state index in [9.17, 15) is 19.2 Å². The summed E-state index contributed by atoms with van der Waals surface area (Å²) in [7, 11) is 0. The monoisotopic (exact) mass is 557 g/mol. The Hall–Kier alpha value is -2.20. The summed E-state index contributed by atoms with van der Waals surface area (Å²) in [6, 6.07) is -0.621. The van der Waals surface area contributed by atoms with Gasteiger partial charge in [-0.1, -0.05) is 77.0 Å². The number of ether oxygens (including phenoxy) is 2. The van der Waals surface area contributed by atoms with Gasteiger partial charge in [0.15, 0.2) is 0 Å². The van der Waals surface area contributed by atoms with Crippen molar-refractivity contribution < 1.29 is 33.8 Å². The van der Waals surface area contributed by atoms with E-state index in [2.05, 4.69) is 10.6 Å². The second kappa shape index (κ2) is 27.4. The molecule has 0 aliphatic rings. The van der Waals surface area contributed by atoms with Crippen molar-refractivity contribution in [1.82, 2.24) is 10.6 Å². The minimum atomic E-state index is -0.690. The van der Waals surface area contributed by atoms with E-state index < -0.39 is 12.0 Å². The number of hydrogen-bond acceptors (Lipinski definition) is 7. The fraction of sp³-hybridized carbons (Fsp3) is 0.862. The summed E-state index contributed by atoms with van der Waals surface area (Å²) in [5, 5.41) is 14.2. The lowest BCUT2D eigenvalue weighted by Gasteiger charge is -2.13. The van der Waals surface area contributed by atoms with Gasteiger partial charge < -0.3 is 30.9 Å². The van der Waals surface area contributed by atoms with Gasteiger partial charge in [-0.15, -0.1) is 0 Å². The summed E-state index contributed by atoms with van der Waals surface area (Å²) in [6.07, 6.45) is 18.2. The van der Waals surface area contributed by atoms with Crippen molar-refractivity contribution in [2.45, 2.75) is 129 Å². The van der Waals surface area contributed by atoms with Crippen LogP contribution in [0.25, 0.3) is 0 Å². The maximum atomic E-state index is 12.0. The van der Waals surface area contributed by atoms with Crippen LogP contribution in [-0.4, -0.2) is 67.8 Å². The van der Waals surface area contributed by atoms with E-state index in [1.54, 1.807) is 0 Å². The Bertz CT molecular complexity index is 646. The van der Waals surface area contributed by atoms with Crippen LogP contribution in [0.4, 0.5) is 0 Å². The number of unbranched alkanes of at least 4 members (excludes halogenated alkanes) is 13. The van der Waals surface area contributed by atoms with Crippen LogP contribution < -0.4 is 16.4 Å². The minimum Gasteiger partial charge on any atom is -0.481 e. The van der Waals surface area contributed by atoms with Gasteiger partial charge in [0, 0.05) is 32.9 Å². The second-order valence-electron chi connectivity index (χ2n) is 10.2. The Morgan fingerprint density at radius 2 is 1.18 bits per heavy atom. The molecule has 0 spiro atoms. The lowest BCUT2D eigenvalue weighted by atomic mass is 10.0. The van der Waals surface area contributed by atoms with Gasteiger partial charge in [0.1, 0.15) is 6.61 Å². The number of rotatable bonds is 28. The number of carboxylic acids is 1. The third kappa shape index (κ3) is 28.6. The molecule has 0 aromatic heterocycles. The first-order chi connectivity index (χ1) is 18.8. The zero-order valence-corrected chi connectivity index (χ0v) is 24.3. The summed E-state index contributed by atoms with van der Waals surface area (Å²) in [4.78, 5) is 45.0. The summed E-state index contributed by atoms with van der Waals surface area (Å²) in [5.41, 5.74) is 5.90. The molecule has 39 heavy (non-hydrogen) atoms. The highest BCUT2D eigenvalue weighted by atomic mass is 16.6. The molecule has 228 valence electrons. The number of carbonyl (C=O) groups is 4. The van der Waals surface area contributed by atoms with E-state index in [1.165, 1.54) is 64.7 Å². The predicted molar refractivity (Wildman–Crippen MR) is 152 cm³/mol. The molecule has 0 aliphatic heterocycles. The molecule has 0 bridgehead atoms. The lowest BCUT2D eigenvalue weighted by molar-refractivity contribution is -0.142. The average Bonchev–Trinajstić information content (AvgIpc) is 2.89. The molecule has 0 fully saturated rings. The fourth-order valence-corrected chi connectivity index (χ4v) is 4.18. The molecule has 10 nitrogen and oxygen atoms in total. The zero-order chi connectivity index (χ0) is 29.0. The maximum Gasteiger partial charge on any atom is 0.303 e. The molecule has 10 heteroatoms. The molecule has 0 radical (unpaired) electrons. The number of esters is 1. The topological polar surface area (TPSA) is 157 Å². The van der Waals surface area contributed by atoms with Crippen LogP contribution in [0.2, 0.25) is 0 Å². The van der Waals surface area contributed by atoms with Gasteiger partial charge in [0.2, 0.25) is 11.8 Å². The first-order valence-electron chi connectivity index (χ1n) is 15.1. The fourth-order valence-electron chi connectivity index (χ4n) is 4.18. The third-order valence-corrected chi connectivity index (χ3v) is 6.47.